The first kappa shape index (κ1) is 13.5. The SMILES string of the molecule is CCOc1cccc2c1nc(N)n2C(C)c1ccccc1. The third-order valence-electron chi connectivity index (χ3n) is 3.68. The maximum absolute atomic E-state index is 6.15. The molecule has 0 aliphatic carbocycles. The van der Waals surface area contributed by atoms with Gasteiger partial charge in [-0.25, -0.2) is 4.98 Å². The molecule has 0 amide bonds. The molecule has 0 aliphatic rings. The molecule has 108 valence electrons. The molecule has 0 radical (unpaired) electrons. The monoisotopic (exact) mass is 281 g/mol. The number of fused-ring (bicyclic) bond motifs is 1. The summed E-state index contributed by atoms with van der Waals surface area (Å²) in [4.78, 5) is 4.49. The minimum atomic E-state index is 0.119. The van der Waals surface area contributed by atoms with E-state index in [0.29, 0.717) is 12.6 Å². The van der Waals surface area contributed by atoms with Crippen molar-refractivity contribution in [3.05, 3.63) is 54.1 Å². The number of imidazole rings is 1. The smallest absolute Gasteiger partial charge is 0.201 e. The van der Waals surface area contributed by atoms with E-state index in [1.54, 1.807) is 0 Å². The lowest BCUT2D eigenvalue weighted by molar-refractivity contribution is 0.343. The Hall–Kier alpha value is -2.49. The maximum atomic E-state index is 6.15. The summed E-state index contributed by atoms with van der Waals surface area (Å²) < 4.78 is 7.69. The zero-order valence-electron chi connectivity index (χ0n) is 12.3. The van der Waals surface area contributed by atoms with Crippen LogP contribution in [-0.2, 0) is 0 Å². The van der Waals surface area contributed by atoms with Gasteiger partial charge >= 0.3 is 0 Å². The zero-order valence-corrected chi connectivity index (χ0v) is 12.3. The molecule has 2 N–H and O–H groups in total. The third-order valence-corrected chi connectivity index (χ3v) is 3.68. The first-order valence-corrected chi connectivity index (χ1v) is 7.16. The molecule has 0 fully saturated rings. The van der Waals surface area contributed by atoms with Gasteiger partial charge in [0.15, 0.2) is 0 Å². The number of nitrogen functional groups attached to an aromatic ring is 1. The molecule has 1 atom stereocenters. The quantitative estimate of drug-likeness (QED) is 0.794. The molecule has 1 unspecified atom stereocenters. The zero-order chi connectivity index (χ0) is 14.8. The number of anilines is 1. The number of rotatable bonds is 4. The van der Waals surface area contributed by atoms with E-state index in [2.05, 4.69) is 24.0 Å². The number of aromatic nitrogens is 2. The molecule has 3 rings (SSSR count). The maximum Gasteiger partial charge on any atom is 0.201 e. The van der Waals surface area contributed by atoms with Gasteiger partial charge in [0.25, 0.3) is 0 Å². The van der Waals surface area contributed by atoms with Crippen LogP contribution < -0.4 is 10.5 Å². The summed E-state index contributed by atoms with van der Waals surface area (Å²) >= 11 is 0. The van der Waals surface area contributed by atoms with E-state index in [9.17, 15) is 0 Å². The number of hydrogen-bond acceptors (Lipinski definition) is 3. The van der Waals surface area contributed by atoms with Crippen LogP contribution in [0, 0.1) is 0 Å². The van der Waals surface area contributed by atoms with Gasteiger partial charge in [-0.15, -0.1) is 0 Å². The molecule has 0 spiro atoms. The molecule has 21 heavy (non-hydrogen) atoms. The Balaban J connectivity index is 2.15. The van der Waals surface area contributed by atoms with Gasteiger partial charge in [-0.2, -0.15) is 0 Å². The van der Waals surface area contributed by atoms with Crippen LogP contribution in [0.3, 0.4) is 0 Å². The van der Waals surface area contributed by atoms with Crippen molar-refractivity contribution in [1.82, 2.24) is 9.55 Å². The predicted molar refractivity (Wildman–Crippen MR) is 85.6 cm³/mol. The average Bonchev–Trinajstić information content (AvgIpc) is 2.85. The summed E-state index contributed by atoms with van der Waals surface area (Å²) in [5, 5.41) is 0. The number of nitrogens with zero attached hydrogens (tertiary/aromatic N) is 2. The van der Waals surface area contributed by atoms with Crippen LogP contribution in [0.5, 0.6) is 5.75 Å². The summed E-state index contributed by atoms with van der Waals surface area (Å²) in [6, 6.07) is 16.3. The highest BCUT2D eigenvalue weighted by Gasteiger charge is 2.17. The summed E-state index contributed by atoms with van der Waals surface area (Å²) in [5.74, 6) is 1.29. The van der Waals surface area contributed by atoms with Crippen molar-refractivity contribution in [2.75, 3.05) is 12.3 Å². The molecular weight excluding hydrogens is 262 g/mol. The van der Waals surface area contributed by atoms with Crippen molar-refractivity contribution in [2.45, 2.75) is 19.9 Å². The van der Waals surface area contributed by atoms with Crippen molar-refractivity contribution in [2.24, 2.45) is 0 Å². The van der Waals surface area contributed by atoms with Gasteiger partial charge in [0.05, 0.1) is 18.2 Å². The molecule has 4 nitrogen and oxygen atoms in total. The second-order valence-corrected chi connectivity index (χ2v) is 4.98. The van der Waals surface area contributed by atoms with Crippen molar-refractivity contribution < 1.29 is 4.74 Å². The van der Waals surface area contributed by atoms with Gasteiger partial charge in [-0.3, -0.25) is 0 Å². The van der Waals surface area contributed by atoms with E-state index in [1.165, 1.54) is 5.56 Å². The van der Waals surface area contributed by atoms with Gasteiger partial charge in [0.2, 0.25) is 5.95 Å². The van der Waals surface area contributed by atoms with E-state index >= 15 is 0 Å². The van der Waals surface area contributed by atoms with Crippen LogP contribution in [0.2, 0.25) is 0 Å². The van der Waals surface area contributed by atoms with Crippen LogP contribution >= 0.6 is 0 Å². The minimum absolute atomic E-state index is 0.119. The Morgan fingerprint density at radius 3 is 2.62 bits per heavy atom. The standard InChI is InChI=1S/C17H19N3O/c1-3-21-15-11-7-10-14-16(15)19-17(18)20(14)12(2)13-8-5-4-6-9-13/h4-12H,3H2,1-2H3,(H2,18,19). The molecule has 1 aromatic heterocycles. The number of benzene rings is 2. The van der Waals surface area contributed by atoms with E-state index in [1.807, 2.05) is 47.9 Å². The Kier molecular flexibility index (Phi) is 3.52. The first-order chi connectivity index (χ1) is 10.2. The molecule has 0 saturated carbocycles. The number of ether oxygens (including phenoxy) is 1. The Labute approximate surface area is 124 Å². The molecule has 0 bridgehead atoms. The van der Waals surface area contributed by atoms with Gasteiger partial charge in [-0.05, 0) is 31.5 Å². The van der Waals surface area contributed by atoms with Crippen molar-refractivity contribution in [3.8, 4) is 5.75 Å². The van der Waals surface area contributed by atoms with Crippen LogP contribution in [0.15, 0.2) is 48.5 Å². The van der Waals surface area contributed by atoms with E-state index < -0.39 is 0 Å². The Morgan fingerprint density at radius 1 is 1.14 bits per heavy atom. The van der Waals surface area contributed by atoms with E-state index in [-0.39, 0.29) is 6.04 Å². The van der Waals surface area contributed by atoms with Crippen LogP contribution in [0.4, 0.5) is 5.95 Å². The number of para-hydroxylation sites is 1. The first-order valence-electron chi connectivity index (χ1n) is 7.16. The fourth-order valence-electron chi connectivity index (χ4n) is 2.67. The lowest BCUT2D eigenvalue weighted by Crippen LogP contribution is -2.09. The molecule has 2 aromatic carbocycles. The second-order valence-electron chi connectivity index (χ2n) is 4.98. The molecule has 3 aromatic rings. The molecule has 4 heteroatoms. The molecule has 0 aliphatic heterocycles. The summed E-state index contributed by atoms with van der Waals surface area (Å²) in [6.07, 6.45) is 0. The minimum Gasteiger partial charge on any atom is -0.492 e. The van der Waals surface area contributed by atoms with Gasteiger partial charge in [0, 0.05) is 0 Å². The summed E-state index contributed by atoms with van der Waals surface area (Å²) in [7, 11) is 0. The molecular formula is C17H19N3O. The topological polar surface area (TPSA) is 53.1 Å². The Bertz CT molecular complexity index is 749. The molecule has 1 heterocycles. The highest BCUT2D eigenvalue weighted by Crippen LogP contribution is 2.31. The average molecular weight is 281 g/mol. The second kappa shape index (κ2) is 5.48. The van der Waals surface area contributed by atoms with E-state index in [0.717, 1.165) is 16.8 Å². The predicted octanol–water partition coefficient (Wildman–Crippen LogP) is 3.63. The van der Waals surface area contributed by atoms with Gasteiger partial charge in [-0.1, -0.05) is 36.4 Å². The van der Waals surface area contributed by atoms with Crippen molar-refractivity contribution >= 4 is 17.0 Å². The van der Waals surface area contributed by atoms with Crippen LogP contribution in [0.1, 0.15) is 25.5 Å². The van der Waals surface area contributed by atoms with Gasteiger partial charge < -0.3 is 15.0 Å². The lowest BCUT2D eigenvalue weighted by Gasteiger charge is -2.16. The number of nitrogens with two attached hydrogens (primary N) is 1. The van der Waals surface area contributed by atoms with Crippen LogP contribution in [-0.4, -0.2) is 16.2 Å². The van der Waals surface area contributed by atoms with E-state index in [4.69, 9.17) is 10.5 Å². The lowest BCUT2D eigenvalue weighted by atomic mass is 10.1. The third kappa shape index (κ3) is 2.33. The highest BCUT2D eigenvalue weighted by molar-refractivity contribution is 5.84. The van der Waals surface area contributed by atoms with Crippen molar-refractivity contribution in [3.63, 3.8) is 0 Å². The highest BCUT2D eigenvalue weighted by atomic mass is 16.5. The fraction of sp³-hybridized carbons (Fsp3) is 0.235. The van der Waals surface area contributed by atoms with Gasteiger partial charge in [0.1, 0.15) is 11.3 Å². The normalized spacial score (nSPS) is 12.5. The summed E-state index contributed by atoms with van der Waals surface area (Å²) in [6.45, 7) is 4.70. The number of hydrogen-bond donors (Lipinski definition) is 1. The molecule has 0 saturated heterocycles. The fourth-order valence-corrected chi connectivity index (χ4v) is 2.67. The van der Waals surface area contributed by atoms with Crippen molar-refractivity contribution in [1.29, 1.82) is 0 Å². The Morgan fingerprint density at radius 2 is 1.90 bits per heavy atom. The largest absolute Gasteiger partial charge is 0.492 e. The summed E-state index contributed by atoms with van der Waals surface area (Å²) in [5.41, 5.74) is 9.17. The van der Waals surface area contributed by atoms with Crippen LogP contribution in [0.25, 0.3) is 11.0 Å².